The predicted octanol–water partition coefficient (Wildman–Crippen LogP) is 2.86. The molecule has 1 saturated heterocycles. The number of benzene rings is 1. The van der Waals surface area contributed by atoms with E-state index in [0.717, 1.165) is 26.2 Å². The van der Waals surface area contributed by atoms with E-state index < -0.39 is 0 Å². The van der Waals surface area contributed by atoms with E-state index in [2.05, 4.69) is 39.8 Å². The van der Waals surface area contributed by atoms with Gasteiger partial charge in [-0.15, -0.1) is 0 Å². The number of hydrogen-bond acceptors (Lipinski definition) is 2. The maximum Gasteiger partial charge on any atom is 0.0585 e. The van der Waals surface area contributed by atoms with Gasteiger partial charge in [0, 0.05) is 5.41 Å². The predicted molar refractivity (Wildman–Crippen MR) is 76.0 cm³/mol. The number of rotatable bonds is 4. The molecular weight excluding hydrogens is 222 g/mol. The molecule has 0 saturated carbocycles. The summed E-state index contributed by atoms with van der Waals surface area (Å²) in [4.78, 5) is 0. The molecule has 0 bridgehead atoms. The molecule has 1 atom stereocenters. The smallest absolute Gasteiger partial charge is 0.0585 e. The summed E-state index contributed by atoms with van der Waals surface area (Å²) in [5, 5.41) is 0. The lowest BCUT2D eigenvalue weighted by molar-refractivity contribution is -0.0707. The Bertz CT molecular complexity index is 412. The van der Waals surface area contributed by atoms with Crippen LogP contribution in [0, 0.1) is 26.7 Å². The Hall–Kier alpha value is -0.860. The van der Waals surface area contributed by atoms with Crippen LogP contribution in [-0.2, 0) is 10.2 Å². The third kappa shape index (κ3) is 2.32. The minimum absolute atomic E-state index is 0.209. The first-order valence-electron chi connectivity index (χ1n) is 6.84. The van der Waals surface area contributed by atoms with Gasteiger partial charge in [0.15, 0.2) is 0 Å². The highest BCUT2D eigenvalue weighted by atomic mass is 16.5. The van der Waals surface area contributed by atoms with Crippen LogP contribution in [0.4, 0.5) is 0 Å². The molecule has 100 valence electrons. The highest BCUT2D eigenvalue weighted by Gasteiger charge is 2.42. The van der Waals surface area contributed by atoms with Crippen molar-refractivity contribution in [1.82, 2.24) is 0 Å². The van der Waals surface area contributed by atoms with Crippen LogP contribution in [0.2, 0.25) is 0 Å². The molecule has 2 heteroatoms. The molecule has 2 nitrogen and oxygen atoms in total. The molecule has 1 heterocycles. The zero-order valence-electron chi connectivity index (χ0n) is 12.0. The maximum atomic E-state index is 5.80. The molecule has 1 fully saturated rings. The maximum absolute atomic E-state index is 5.80. The molecule has 1 aromatic carbocycles. The number of hydrogen-bond donors (Lipinski definition) is 1. The van der Waals surface area contributed by atoms with Crippen LogP contribution in [0.25, 0.3) is 0 Å². The molecule has 1 aliphatic heterocycles. The minimum Gasteiger partial charge on any atom is -0.379 e. The van der Waals surface area contributed by atoms with Crippen LogP contribution in [-0.4, -0.2) is 19.8 Å². The molecule has 2 rings (SSSR count). The van der Waals surface area contributed by atoms with Crippen LogP contribution >= 0.6 is 0 Å². The highest BCUT2D eigenvalue weighted by Crippen LogP contribution is 2.41. The third-order valence-corrected chi connectivity index (χ3v) is 4.11. The Morgan fingerprint density at radius 2 is 1.78 bits per heavy atom. The van der Waals surface area contributed by atoms with E-state index in [9.17, 15) is 0 Å². The molecule has 1 aromatic rings. The molecule has 0 spiro atoms. The van der Waals surface area contributed by atoms with Gasteiger partial charge in [-0.25, -0.2) is 0 Å². The molecule has 0 amide bonds. The standard InChI is InChI=1S/C16H25NO/c1-11-5-13(3)15(14(4)6-11)16(9-18-10-16)7-12(2)8-17/h5-6,12H,7-10,17H2,1-4H3. The molecule has 0 radical (unpaired) electrons. The summed E-state index contributed by atoms with van der Waals surface area (Å²) in [7, 11) is 0. The fourth-order valence-corrected chi connectivity index (χ4v) is 3.48. The van der Waals surface area contributed by atoms with Crippen LogP contribution in [0.3, 0.4) is 0 Å². The van der Waals surface area contributed by atoms with Gasteiger partial charge >= 0.3 is 0 Å². The lowest BCUT2D eigenvalue weighted by atomic mass is 9.69. The van der Waals surface area contributed by atoms with Crippen molar-refractivity contribution in [3.8, 4) is 0 Å². The van der Waals surface area contributed by atoms with Crippen LogP contribution < -0.4 is 5.73 Å². The van der Waals surface area contributed by atoms with Gasteiger partial charge in [-0.1, -0.05) is 24.6 Å². The zero-order valence-corrected chi connectivity index (χ0v) is 12.0. The van der Waals surface area contributed by atoms with Crippen molar-refractivity contribution < 1.29 is 4.74 Å². The van der Waals surface area contributed by atoms with Crippen LogP contribution in [0.5, 0.6) is 0 Å². The fourth-order valence-electron chi connectivity index (χ4n) is 3.48. The molecule has 1 unspecified atom stereocenters. The number of nitrogens with two attached hydrogens (primary N) is 1. The second-order valence-corrected chi connectivity index (χ2v) is 6.09. The first-order chi connectivity index (χ1) is 8.48. The van der Waals surface area contributed by atoms with E-state index in [1.54, 1.807) is 0 Å². The molecule has 18 heavy (non-hydrogen) atoms. The molecule has 0 aliphatic carbocycles. The average molecular weight is 247 g/mol. The van der Waals surface area contributed by atoms with Gasteiger partial charge in [0.1, 0.15) is 0 Å². The summed E-state index contributed by atoms with van der Waals surface area (Å²) in [5.74, 6) is 0.550. The zero-order chi connectivity index (χ0) is 13.3. The first-order valence-corrected chi connectivity index (χ1v) is 6.84. The minimum atomic E-state index is 0.209. The largest absolute Gasteiger partial charge is 0.379 e. The summed E-state index contributed by atoms with van der Waals surface area (Å²) >= 11 is 0. The van der Waals surface area contributed by atoms with Gasteiger partial charge in [-0.2, -0.15) is 0 Å². The first kappa shape index (κ1) is 13.6. The van der Waals surface area contributed by atoms with Crippen molar-refractivity contribution in [2.24, 2.45) is 11.7 Å². The van der Waals surface area contributed by atoms with Gasteiger partial charge < -0.3 is 10.5 Å². The van der Waals surface area contributed by atoms with Crippen molar-refractivity contribution >= 4 is 0 Å². The highest BCUT2D eigenvalue weighted by molar-refractivity contribution is 5.44. The summed E-state index contributed by atoms with van der Waals surface area (Å²) < 4.78 is 5.54. The molecular formula is C16H25NO. The lowest BCUT2D eigenvalue weighted by Crippen LogP contribution is -2.49. The summed E-state index contributed by atoms with van der Waals surface area (Å²) in [5.41, 5.74) is 11.7. The lowest BCUT2D eigenvalue weighted by Gasteiger charge is -2.45. The van der Waals surface area contributed by atoms with E-state index in [4.69, 9.17) is 10.5 Å². The third-order valence-electron chi connectivity index (χ3n) is 4.11. The average Bonchev–Trinajstić information content (AvgIpc) is 2.23. The monoisotopic (exact) mass is 247 g/mol. The van der Waals surface area contributed by atoms with Crippen LogP contribution in [0.1, 0.15) is 35.6 Å². The second kappa shape index (κ2) is 5.02. The topological polar surface area (TPSA) is 35.2 Å². The summed E-state index contributed by atoms with van der Waals surface area (Å²) in [6, 6.07) is 4.57. The van der Waals surface area contributed by atoms with Crippen molar-refractivity contribution in [1.29, 1.82) is 0 Å². The van der Waals surface area contributed by atoms with E-state index >= 15 is 0 Å². The Morgan fingerprint density at radius 3 is 2.17 bits per heavy atom. The van der Waals surface area contributed by atoms with E-state index in [1.807, 2.05) is 0 Å². The molecule has 1 aliphatic rings. The second-order valence-electron chi connectivity index (χ2n) is 6.09. The SMILES string of the molecule is Cc1cc(C)c(C2(CC(C)CN)COC2)c(C)c1. The molecule has 2 N–H and O–H groups in total. The Balaban J connectivity index is 2.39. The van der Waals surface area contributed by atoms with Crippen molar-refractivity contribution in [3.05, 3.63) is 34.4 Å². The van der Waals surface area contributed by atoms with Gasteiger partial charge in [0.05, 0.1) is 13.2 Å². The van der Waals surface area contributed by atoms with E-state index in [1.165, 1.54) is 22.3 Å². The quantitative estimate of drug-likeness (QED) is 0.888. The summed E-state index contributed by atoms with van der Waals surface area (Å²) in [6.07, 6.45) is 1.13. The number of aryl methyl sites for hydroxylation is 3. The van der Waals surface area contributed by atoms with Crippen molar-refractivity contribution in [3.63, 3.8) is 0 Å². The van der Waals surface area contributed by atoms with E-state index in [-0.39, 0.29) is 5.41 Å². The van der Waals surface area contributed by atoms with Gasteiger partial charge in [-0.05, 0) is 56.3 Å². The Kier molecular flexibility index (Phi) is 3.79. The summed E-state index contributed by atoms with van der Waals surface area (Å²) in [6.45, 7) is 11.3. The normalized spacial score (nSPS) is 19.4. The molecule has 0 aromatic heterocycles. The Morgan fingerprint density at radius 1 is 1.22 bits per heavy atom. The van der Waals surface area contributed by atoms with Gasteiger partial charge in [-0.3, -0.25) is 0 Å². The fraction of sp³-hybridized carbons (Fsp3) is 0.625. The van der Waals surface area contributed by atoms with E-state index in [0.29, 0.717) is 5.92 Å². The van der Waals surface area contributed by atoms with Crippen molar-refractivity contribution in [2.45, 2.75) is 39.5 Å². The Labute approximate surface area is 111 Å². The van der Waals surface area contributed by atoms with Gasteiger partial charge in [0.25, 0.3) is 0 Å². The van der Waals surface area contributed by atoms with Gasteiger partial charge in [0.2, 0.25) is 0 Å². The van der Waals surface area contributed by atoms with Crippen molar-refractivity contribution in [2.75, 3.05) is 19.8 Å². The van der Waals surface area contributed by atoms with Crippen LogP contribution in [0.15, 0.2) is 12.1 Å². The number of ether oxygens (including phenoxy) is 1.